The molecule has 7 heteroatoms. The van der Waals surface area contributed by atoms with Crippen LogP contribution in [-0.2, 0) is 0 Å². The third-order valence-electron chi connectivity index (χ3n) is 3.67. The van der Waals surface area contributed by atoms with E-state index in [1.807, 2.05) is 24.3 Å². The number of hydrogen-bond acceptors (Lipinski definition) is 4. The van der Waals surface area contributed by atoms with Crippen molar-refractivity contribution in [1.82, 2.24) is 25.2 Å². The van der Waals surface area contributed by atoms with Crippen LogP contribution in [0.25, 0.3) is 28.0 Å². The normalized spacial score (nSPS) is 11.0. The maximum Gasteiger partial charge on any atom is 0.189 e. The molecule has 23 heavy (non-hydrogen) atoms. The number of fused-ring (bicyclic) bond motifs is 1. The van der Waals surface area contributed by atoms with Gasteiger partial charge in [0.05, 0.1) is 12.8 Å². The second-order valence-electron chi connectivity index (χ2n) is 5.00. The van der Waals surface area contributed by atoms with Crippen LogP contribution in [0.1, 0.15) is 0 Å². The summed E-state index contributed by atoms with van der Waals surface area (Å²) in [6.45, 7) is 0. The van der Waals surface area contributed by atoms with E-state index in [-0.39, 0.29) is 5.82 Å². The lowest BCUT2D eigenvalue weighted by molar-refractivity contribution is 0.414. The number of nitrogens with zero attached hydrogens (tertiary/aromatic N) is 4. The number of methoxy groups -OCH3 is 1. The maximum absolute atomic E-state index is 13.6. The fraction of sp³-hybridized carbons (Fsp3) is 0.0625. The van der Waals surface area contributed by atoms with Crippen LogP contribution in [0.2, 0.25) is 0 Å². The van der Waals surface area contributed by atoms with Gasteiger partial charge in [0.25, 0.3) is 0 Å². The second kappa shape index (κ2) is 5.20. The van der Waals surface area contributed by atoms with Gasteiger partial charge in [-0.05, 0) is 52.9 Å². The minimum absolute atomic E-state index is 0.304. The molecule has 4 aromatic rings. The van der Waals surface area contributed by atoms with Gasteiger partial charge in [0.2, 0.25) is 0 Å². The number of ether oxygens (including phenoxy) is 1. The predicted octanol–water partition coefficient (Wildman–Crippen LogP) is 2.96. The van der Waals surface area contributed by atoms with Crippen LogP contribution in [0.5, 0.6) is 5.75 Å². The Morgan fingerprint density at radius 3 is 2.74 bits per heavy atom. The zero-order valence-electron chi connectivity index (χ0n) is 12.2. The van der Waals surface area contributed by atoms with Crippen LogP contribution >= 0.6 is 0 Å². The van der Waals surface area contributed by atoms with Crippen LogP contribution in [0.4, 0.5) is 4.39 Å². The molecular weight excluding hydrogens is 297 g/mol. The molecule has 0 saturated heterocycles. The van der Waals surface area contributed by atoms with Crippen LogP contribution in [0.3, 0.4) is 0 Å². The fourth-order valence-corrected chi connectivity index (χ4v) is 2.53. The van der Waals surface area contributed by atoms with Crippen molar-refractivity contribution >= 4 is 10.9 Å². The minimum Gasteiger partial charge on any atom is -0.497 e. The molecule has 0 spiro atoms. The zero-order chi connectivity index (χ0) is 15.8. The molecule has 0 unspecified atom stereocenters. The van der Waals surface area contributed by atoms with Crippen LogP contribution in [0.15, 0.2) is 48.7 Å². The number of halogens is 1. The lowest BCUT2D eigenvalue weighted by Gasteiger charge is -2.05. The van der Waals surface area contributed by atoms with Gasteiger partial charge in [-0.2, -0.15) is 4.68 Å². The first-order chi connectivity index (χ1) is 11.3. The molecular formula is C16H12FN5O. The summed E-state index contributed by atoms with van der Waals surface area (Å²) in [5.74, 6) is 0.978. The van der Waals surface area contributed by atoms with E-state index >= 15 is 0 Å². The van der Waals surface area contributed by atoms with Crippen LogP contribution in [0, 0.1) is 5.82 Å². The summed E-state index contributed by atoms with van der Waals surface area (Å²) in [5, 5.41) is 12.6. The van der Waals surface area contributed by atoms with Crippen molar-refractivity contribution in [1.29, 1.82) is 0 Å². The van der Waals surface area contributed by atoms with E-state index in [4.69, 9.17) is 4.74 Å². The topological polar surface area (TPSA) is 68.6 Å². The summed E-state index contributed by atoms with van der Waals surface area (Å²) in [6.07, 6.45) is 1.77. The van der Waals surface area contributed by atoms with E-state index in [0.29, 0.717) is 5.82 Å². The highest BCUT2D eigenvalue weighted by molar-refractivity contribution is 5.94. The average Bonchev–Trinajstić information content (AvgIpc) is 3.20. The highest BCUT2D eigenvalue weighted by atomic mass is 19.1. The Hall–Kier alpha value is -3.22. The summed E-state index contributed by atoms with van der Waals surface area (Å²) in [7, 11) is 1.61. The van der Waals surface area contributed by atoms with Gasteiger partial charge in [-0.15, -0.1) is 5.10 Å². The average molecular weight is 309 g/mol. The van der Waals surface area contributed by atoms with Crippen LogP contribution < -0.4 is 4.74 Å². The number of rotatable bonds is 3. The highest BCUT2D eigenvalue weighted by Gasteiger charge is 2.15. The first-order valence-electron chi connectivity index (χ1n) is 6.96. The van der Waals surface area contributed by atoms with Gasteiger partial charge in [0.1, 0.15) is 11.6 Å². The van der Waals surface area contributed by atoms with Crippen molar-refractivity contribution in [2.24, 2.45) is 0 Å². The lowest BCUT2D eigenvalue weighted by Crippen LogP contribution is -1.99. The van der Waals surface area contributed by atoms with E-state index in [2.05, 4.69) is 20.5 Å². The summed E-state index contributed by atoms with van der Waals surface area (Å²) in [4.78, 5) is 3.11. The van der Waals surface area contributed by atoms with Crippen molar-refractivity contribution in [2.45, 2.75) is 0 Å². The van der Waals surface area contributed by atoms with Gasteiger partial charge >= 0.3 is 0 Å². The van der Waals surface area contributed by atoms with Crippen molar-refractivity contribution in [2.75, 3.05) is 7.11 Å². The van der Waals surface area contributed by atoms with Gasteiger partial charge in [-0.1, -0.05) is 0 Å². The van der Waals surface area contributed by atoms with E-state index in [0.717, 1.165) is 27.9 Å². The Bertz CT molecular complexity index is 974. The Morgan fingerprint density at radius 1 is 1.13 bits per heavy atom. The van der Waals surface area contributed by atoms with Gasteiger partial charge < -0.3 is 9.72 Å². The number of H-pyrrole nitrogens is 1. The molecule has 0 amide bonds. The number of aromatic nitrogens is 5. The largest absolute Gasteiger partial charge is 0.497 e. The highest BCUT2D eigenvalue weighted by Crippen LogP contribution is 2.29. The van der Waals surface area contributed by atoms with Crippen molar-refractivity contribution < 1.29 is 9.13 Å². The van der Waals surface area contributed by atoms with Gasteiger partial charge in [0, 0.05) is 22.7 Å². The van der Waals surface area contributed by atoms with Crippen molar-refractivity contribution in [3.8, 4) is 22.8 Å². The Labute approximate surface area is 130 Å². The Morgan fingerprint density at radius 2 is 1.96 bits per heavy atom. The smallest absolute Gasteiger partial charge is 0.189 e. The van der Waals surface area contributed by atoms with E-state index in [1.165, 1.54) is 12.1 Å². The molecule has 0 radical (unpaired) electrons. The first-order valence-corrected chi connectivity index (χ1v) is 6.96. The molecule has 2 heterocycles. The van der Waals surface area contributed by atoms with E-state index < -0.39 is 0 Å². The molecule has 0 aliphatic rings. The predicted molar refractivity (Wildman–Crippen MR) is 83.0 cm³/mol. The standard InChI is InChI=1S/C16H12FN5O/c1-23-12-5-3-11(4-6-12)22-16(19-20-21-22)14-9-18-15-7-2-10(17)8-13(14)15/h2-9,18H,1H3. The molecule has 2 aromatic carbocycles. The number of aromatic amines is 1. The SMILES string of the molecule is COc1ccc(-n2nnnc2-c2c[nH]c3ccc(F)cc23)cc1. The molecule has 0 aliphatic carbocycles. The summed E-state index contributed by atoms with van der Waals surface area (Å²) < 4.78 is 20.3. The van der Waals surface area contributed by atoms with Crippen molar-refractivity contribution in [3.63, 3.8) is 0 Å². The summed E-state index contributed by atoms with van der Waals surface area (Å²) >= 11 is 0. The van der Waals surface area contributed by atoms with Crippen LogP contribution in [-0.4, -0.2) is 32.3 Å². The molecule has 2 aromatic heterocycles. The van der Waals surface area contributed by atoms with E-state index in [1.54, 1.807) is 24.1 Å². The molecule has 4 rings (SSSR count). The molecule has 0 saturated carbocycles. The van der Waals surface area contributed by atoms with E-state index in [9.17, 15) is 4.39 Å². The van der Waals surface area contributed by atoms with Gasteiger partial charge in [0.15, 0.2) is 5.82 Å². The fourth-order valence-electron chi connectivity index (χ4n) is 2.53. The molecule has 0 fully saturated rings. The molecule has 0 bridgehead atoms. The molecule has 1 N–H and O–H groups in total. The molecule has 6 nitrogen and oxygen atoms in total. The first kappa shape index (κ1) is 13.4. The Balaban J connectivity index is 1.86. The second-order valence-corrected chi connectivity index (χ2v) is 5.00. The van der Waals surface area contributed by atoms with Gasteiger partial charge in [-0.25, -0.2) is 4.39 Å². The monoisotopic (exact) mass is 309 g/mol. The Kier molecular flexibility index (Phi) is 3.04. The third-order valence-corrected chi connectivity index (χ3v) is 3.67. The number of nitrogens with one attached hydrogen (secondary N) is 1. The number of tetrazole rings is 1. The molecule has 0 aliphatic heterocycles. The van der Waals surface area contributed by atoms with Gasteiger partial charge in [-0.3, -0.25) is 0 Å². The third kappa shape index (κ3) is 2.22. The van der Waals surface area contributed by atoms with Crippen molar-refractivity contribution in [3.05, 3.63) is 54.5 Å². The molecule has 114 valence electrons. The number of hydrogen-bond donors (Lipinski definition) is 1. The summed E-state index contributed by atoms with van der Waals surface area (Å²) in [6, 6.07) is 11.9. The molecule has 0 atom stereocenters. The number of benzene rings is 2. The summed E-state index contributed by atoms with van der Waals surface area (Å²) in [5.41, 5.74) is 2.35. The maximum atomic E-state index is 13.6. The quantitative estimate of drug-likeness (QED) is 0.632. The lowest BCUT2D eigenvalue weighted by atomic mass is 10.1. The minimum atomic E-state index is -0.304. The zero-order valence-corrected chi connectivity index (χ0v) is 12.2.